The number of anilines is 3. The minimum Gasteiger partial charge on any atom is -0.495 e. The van der Waals surface area contributed by atoms with Gasteiger partial charge >= 0.3 is 6.18 Å². The quantitative estimate of drug-likeness (QED) is 0.640. The molecule has 1 saturated carbocycles. The second kappa shape index (κ2) is 8.77. The molecule has 1 aromatic heterocycles. The zero-order valence-electron chi connectivity index (χ0n) is 20.7. The molecule has 2 N–H and O–H groups in total. The van der Waals surface area contributed by atoms with Gasteiger partial charge in [-0.15, -0.1) is 0 Å². The van der Waals surface area contributed by atoms with Gasteiger partial charge in [-0.1, -0.05) is 0 Å². The lowest BCUT2D eigenvalue weighted by atomic mass is 10.1. The van der Waals surface area contributed by atoms with Crippen LogP contribution < -0.4 is 15.4 Å². The fraction of sp³-hybridized carbons (Fsp3) is 0.450. The monoisotopic (exact) mass is 459 g/mol. The zero-order chi connectivity index (χ0) is 26.5. The number of carbonyl (C=O) groups excluding carboxylic acids is 1. The van der Waals surface area contributed by atoms with Gasteiger partial charge < -0.3 is 25.0 Å². The van der Waals surface area contributed by atoms with Crippen LogP contribution in [-0.2, 0) is 10.9 Å². The summed E-state index contributed by atoms with van der Waals surface area (Å²) in [5.41, 5.74) is -1.69. The average Bonchev–Trinajstić information content (AvgIpc) is 3.20. The van der Waals surface area contributed by atoms with Gasteiger partial charge in [-0.05, 0) is 18.8 Å². The highest BCUT2D eigenvalue weighted by Crippen LogP contribution is 2.37. The van der Waals surface area contributed by atoms with Crippen molar-refractivity contribution in [1.29, 1.82) is 0 Å². The number of ether oxygens (including phenoxy) is 2. The topological polar surface area (TPSA) is 88.6 Å². The Morgan fingerprint density at radius 1 is 1.31 bits per heavy atom. The molecule has 2 aromatic rings. The number of alkyl halides is 3. The van der Waals surface area contributed by atoms with Crippen molar-refractivity contribution in [3.05, 3.63) is 35.3 Å². The lowest BCUT2D eigenvalue weighted by molar-refractivity contribution is -0.137. The van der Waals surface area contributed by atoms with Crippen molar-refractivity contribution < 1.29 is 37.3 Å². The van der Waals surface area contributed by atoms with Gasteiger partial charge in [-0.2, -0.15) is 18.2 Å². The molecular formula is C20H21F4N5O3. The first kappa shape index (κ1) is 17.4. The van der Waals surface area contributed by atoms with Crippen molar-refractivity contribution in [1.82, 2.24) is 14.9 Å². The maximum atomic E-state index is 14.9. The molecule has 1 aromatic carbocycles. The molecular weight excluding hydrogens is 434 g/mol. The van der Waals surface area contributed by atoms with Gasteiger partial charge in [0.05, 0.1) is 31.6 Å². The summed E-state index contributed by atoms with van der Waals surface area (Å²) in [6, 6.07) is 0.483. The molecule has 2 heterocycles. The van der Waals surface area contributed by atoms with E-state index in [1.54, 1.807) is 0 Å². The van der Waals surface area contributed by atoms with Crippen LogP contribution in [-0.4, -0.2) is 60.2 Å². The fourth-order valence-corrected chi connectivity index (χ4v) is 3.05. The van der Waals surface area contributed by atoms with Crippen molar-refractivity contribution in [3.63, 3.8) is 0 Å². The van der Waals surface area contributed by atoms with E-state index < -0.39 is 54.0 Å². The summed E-state index contributed by atoms with van der Waals surface area (Å²) in [6.45, 7) is 1.20. The molecule has 0 unspecified atom stereocenters. The molecule has 8 nitrogen and oxygen atoms in total. The molecule has 0 bridgehead atoms. The van der Waals surface area contributed by atoms with Gasteiger partial charge in [0.1, 0.15) is 22.9 Å². The van der Waals surface area contributed by atoms with E-state index in [0.29, 0.717) is 19.4 Å². The maximum Gasteiger partial charge on any atom is 0.421 e. The SMILES string of the molecule is [2H]C1([2H])C(Nc2nc(Nc3cc(F)c(C(=O)N4CCOCC4)cc3OC)ncc2C(F)(F)F)C1([2H])[2H]. The number of methoxy groups -OCH3 is 1. The first-order chi connectivity index (χ1) is 16.8. The molecule has 1 saturated heterocycles. The second-order valence-corrected chi connectivity index (χ2v) is 6.88. The molecule has 12 heteroatoms. The Kier molecular flexibility index (Phi) is 4.77. The van der Waals surface area contributed by atoms with Crippen molar-refractivity contribution in [2.75, 3.05) is 44.0 Å². The summed E-state index contributed by atoms with van der Waals surface area (Å²) in [5, 5.41) is 4.71. The molecule has 172 valence electrons. The van der Waals surface area contributed by atoms with Crippen LogP contribution in [0.4, 0.5) is 35.0 Å². The number of aromatic nitrogens is 2. The lowest BCUT2D eigenvalue weighted by Gasteiger charge is -2.27. The van der Waals surface area contributed by atoms with Gasteiger partial charge in [0.2, 0.25) is 5.95 Å². The molecule has 32 heavy (non-hydrogen) atoms. The third kappa shape index (κ3) is 4.85. The zero-order valence-corrected chi connectivity index (χ0v) is 16.7. The third-order valence-corrected chi connectivity index (χ3v) is 4.73. The highest BCUT2D eigenvalue weighted by molar-refractivity contribution is 5.96. The Morgan fingerprint density at radius 3 is 2.66 bits per heavy atom. The summed E-state index contributed by atoms with van der Waals surface area (Å²) in [5.74, 6) is -2.79. The molecule has 1 aliphatic carbocycles. The number of halogens is 4. The predicted octanol–water partition coefficient (Wildman–Crippen LogP) is 3.43. The van der Waals surface area contributed by atoms with E-state index in [9.17, 15) is 22.4 Å². The molecule has 0 radical (unpaired) electrons. The van der Waals surface area contributed by atoms with Crippen molar-refractivity contribution in [3.8, 4) is 5.75 Å². The largest absolute Gasteiger partial charge is 0.495 e. The van der Waals surface area contributed by atoms with Gasteiger partial charge in [0.25, 0.3) is 5.91 Å². The minimum atomic E-state index is -4.92. The van der Waals surface area contributed by atoms with Crippen LogP contribution in [0.25, 0.3) is 0 Å². The summed E-state index contributed by atoms with van der Waals surface area (Å²) < 4.78 is 96.1. The molecule has 4 rings (SSSR count). The Morgan fingerprint density at radius 2 is 2.03 bits per heavy atom. The molecule has 2 fully saturated rings. The van der Waals surface area contributed by atoms with Crippen LogP contribution in [0, 0.1) is 5.82 Å². The Balaban J connectivity index is 1.63. The second-order valence-electron chi connectivity index (χ2n) is 6.88. The van der Waals surface area contributed by atoms with Crippen LogP contribution in [0.2, 0.25) is 0 Å². The average molecular weight is 459 g/mol. The van der Waals surface area contributed by atoms with E-state index in [2.05, 4.69) is 20.6 Å². The first-order valence-electron chi connectivity index (χ1n) is 11.5. The number of hydrogen-bond acceptors (Lipinski definition) is 7. The highest BCUT2D eigenvalue weighted by atomic mass is 19.4. The lowest BCUT2D eigenvalue weighted by Crippen LogP contribution is -2.41. The minimum absolute atomic E-state index is 0.0131. The smallest absolute Gasteiger partial charge is 0.421 e. The first-order valence-corrected chi connectivity index (χ1v) is 9.49. The molecule has 1 amide bonds. The highest BCUT2D eigenvalue weighted by Gasteiger charge is 2.37. The fourth-order valence-electron chi connectivity index (χ4n) is 3.05. The number of benzene rings is 1. The van der Waals surface area contributed by atoms with Gasteiger partial charge in [-0.3, -0.25) is 4.79 Å². The van der Waals surface area contributed by atoms with E-state index in [4.69, 9.17) is 15.0 Å². The Bertz CT molecular complexity index is 1160. The number of carbonyl (C=O) groups is 1. The number of rotatable bonds is 6. The van der Waals surface area contributed by atoms with Crippen molar-refractivity contribution in [2.45, 2.75) is 25.0 Å². The molecule has 1 aliphatic heterocycles. The maximum absolute atomic E-state index is 14.9. The van der Waals surface area contributed by atoms with E-state index >= 15 is 0 Å². The van der Waals surface area contributed by atoms with Crippen molar-refractivity contribution in [2.24, 2.45) is 0 Å². The third-order valence-electron chi connectivity index (χ3n) is 4.73. The molecule has 2 aliphatic rings. The van der Waals surface area contributed by atoms with Crippen molar-refractivity contribution >= 4 is 23.4 Å². The van der Waals surface area contributed by atoms with Crippen LogP contribution in [0.1, 0.15) is 34.2 Å². The van der Waals surface area contributed by atoms with Crippen LogP contribution >= 0.6 is 0 Å². The normalized spacial score (nSPS) is 21.6. The number of nitrogens with zero attached hydrogens (tertiary/aromatic N) is 3. The summed E-state index contributed by atoms with van der Waals surface area (Å²) >= 11 is 0. The van der Waals surface area contributed by atoms with E-state index in [1.807, 2.05) is 0 Å². The standard InChI is InChI=1S/C20H21F4N5O3/c1-31-16-8-12(18(30)29-4-6-32-7-5-29)14(21)9-15(16)27-19-25-10-13(20(22,23)24)17(28-19)26-11-2-3-11/h8-11H,2-7H2,1H3,(H2,25,26,27,28)/i2D2,3D2. The number of amides is 1. The van der Waals surface area contributed by atoms with Gasteiger partial charge in [-0.25, -0.2) is 9.37 Å². The van der Waals surface area contributed by atoms with Gasteiger partial charge in [0.15, 0.2) is 0 Å². The van der Waals surface area contributed by atoms with Crippen LogP contribution in [0.15, 0.2) is 18.3 Å². The predicted molar refractivity (Wildman–Crippen MR) is 107 cm³/mol. The van der Waals surface area contributed by atoms with E-state index in [0.717, 1.165) is 12.1 Å². The number of morpholine rings is 1. The Labute approximate surface area is 186 Å². The number of nitrogens with one attached hydrogen (secondary N) is 2. The summed E-state index contributed by atoms with van der Waals surface area (Å²) in [7, 11) is 1.25. The van der Waals surface area contributed by atoms with Gasteiger partial charge in [0, 0.05) is 36.9 Å². The summed E-state index contributed by atoms with van der Waals surface area (Å²) in [6.07, 6.45) is -9.31. The molecule has 0 atom stereocenters. The number of hydrogen-bond donors (Lipinski definition) is 2. The summed E-state index contributed by atoms with van der Waals surface area (Å²) in [4.78, 5) is 21.4. The van der Waals surface area contributed by atoms with E-state index in [1.165, 1.54) is 12.0 Å². The van der Waals surface area contributed by atoms with E-state index in [-0.39, 0.29) is 30.1 Å². The van der Waals surface area contributed by atoms with Crippen LogP contribution in [0.3, 0.4) is 0 Å². The Hall–Kier alpha value is -3.15. The van der Waals surface area contributed by atoms with Crippen LogP contribution in [0.5, 0.6) is 5.75 Å². The molecule has 0 spiro atoms.